The summed E-state index contributed by atoms with van der Waals surface area (Å²) in [4.78, 5) is 50.2. The van der Waals surface area contributed by atoms with E-state index >= 15 is 0 Å². The van der Waals surface area contributed by atoms with E-state index in [1.54, 1.807) is 61.5 Å². The number of hydrogen-bond donors (Lipinski definition) is 1. The van der Waals surface area contributed by atoms with E-state index in [9.17, 15) is 23.8 Å². The number of esters is 1. The summed E-state index contributed by atoms with van der Waals surface area (Å²) in [6.45, 7) is 2.20. The lowest BCUT2D eigenvalue weighted by molar-refractivity contribution is -0.0518. The number of hydrogen-bond acceptors (Lipinski definition) is 9. The minimum Gasteiger partial charge on any atom is -0.497 e. The molecule has 0 spiro atoms. The molecule has 42 heavy (non-hydrogen) atoms. The first-order chi connectivity index (χ1) is 20.2. The second-order valence-electron chi connectivity index (χ2n) is 9.87. The van der Waals surface area contributed by atoms with Crippen molar-refractivity contribution in [2.75, 3.05) is 40.0 Å². The monoisotopic (exact) mass is 601 g/mol. The molecule has 5 rings (SSSR count). The molecule has 14 heteroatoms. The Balaban J connectivity index is 1.43. The molecule has 3 aromatic rings. The van der Waals surface area contributed by atoms with Crippen LogP contribution >= 0.6 is 7.75 Å². The second-order valence-corrected chi connectivity index (χ2v) is 11.7. The Bertz CT molecular complexity index is 1570. The van der Waals surface area contributed by atoms with Crippen LogP contribution in [0.3, 0.4) is 0 Å². The summed E-state index contributed by atoms with van der Waals surface area (Å²) in [6.07, 6.45) is -1.47. The van der Waals surface area contributed by atoms with Crippen molar-refractivity contribution in [3.8, 4) is 11.4 Å². The van der Waals surface area contributed by atoms with Crippen molar-refractivity contribution in [2.24, 2.45) is 0 Å². The average Bonchev–Trinajstić information content (AvgIpc) is 3.41. The maximum absolute atomic E-state index is 13.6. The number of carbonyl (C=O) groups excluding carboxylic acids is 1. The molecule has 2 fully saturated rings. The van der Waals surface area contributed by atoms with Gasteiger partial charge in [-0.3, -0.25) is 13.9 Å². The van der Waals surface area contributed by atoms with Crippen molar-refractivity contribution in [1.82, 2.24) is 13.8 Å². The number of nitrogens with zero attached hydrogens (tertiary/aromatic N) is 3. The Kier molecular flexibility index (Phi) is 9.07. The summed E-state index contributed by atoms with van der Waals surface area (Å²) in [5.41, 5.74) is -0.254. The van der Waals surface area contributed by atoms with E-state index in [1.807, 2.05) is 0 Å². The van der Waals surface area contributed by atoms with Crippen LogP contribution in [0.25, 0.3) is 5.69 Å². The van der Waals surface area contributed by atoms with Gasteiger partial charge in [0, 0.05) is 31.3 Å². The van der Waals surface area contributed by atoms with Gasteiger partial charge in [-0.2, -0.15) is 0 Å². The zero-order chi connectivity index (χ0) is 29.9. The molecule has 224 valence electrons. The average molecular weight is 602 g/mol. The van der Waals surface area contributed by atoms with Crippen LogP contribution in [-0.4, -0.2) is 76.9 Å². The Morgan fingerprint density at radius 3 is 2.43 bits per heavy atom. The lowest BCUT2D eigenvalue weighted by Gasteiger charge is -2.30. The number of carbonyl (C=O) groups is 1. The van der Waals surface area contributed by atoms with Gasteiger partial charge in [0.25, 0.3) is 5.56 Å². The highest BCUT2D eigenvalue weighted by Crippen LogP contribution is 2.47. The highest BCUT2D eigenvalue weighted by atomic mass is 31.2. The number of aromatic nitrogens is 2. The van der Waals surface area contributed by atoms with Crippen molar-refractivity contribution >= 4 is 13.7 Å². The molecule has 1 unspecified atom stereocenters. The zero-order valence-corrected chi connectivity index (χ0v) is 24.1. The topological polar surface area (TPSA) is 148 Å². The highest BCUT2D eigenvalue weighted by molar-refractivity contribution is 7.50. The minimum absolute atomic E-state index is 0.0278. The van der Waals surface area contributed by atoms with Gasteiger partial charge < -0.3 is 23.8 Å². The smallest absolute Gasteiger partial charge is 0.405 e. The molecule has 2 aliphatic heterocycles. The van der Waals surface area contributed by atoms with Crippen molar-refractivity contribution in [1.29, 1.82) is 0 Å². The molecule has 2 saturated heterocycles. The maximum Gasteiger partial charge on any atom is 0.405 e. The van der Waals surface area contributed by atoms with Gasteiger partial charge in [-0.25, -0.2) is 23.4 Å². The summed E-state index contributed by atoms with van der Waals surface area (Å²) in [7, 11) is -2.69. The van der Waals surface area contributed by atoms with Crippen LogP contribution in [-0.2, 0) is 23.3 Å². The van der Waals surface area contributed by atoms with Gasteiger partial charge in [-0.1, -0.05) is 18.2 Å². The summed E-state index contributed by atoms with van der Waals surface area (Å²) in [6, 6.07) is 14.8. The number of rotatable bonds is 9. The van der Waals surface area contributed by atoms with E-state index in [0.29, 0.717) is 30.2 Å². The minimum atomic E-state index is -4.20. The third-order valence-corrected chi connectivity index (χ3v) is 8.73. The van der Waals surface area contributed by atoms with Crippen LogP contribution in [0.1, 0.15) is 28.6 Å². The molecule has 3 heterocycles. The molecule has 0 amide bonds. The summed E-state index contributed by atoms with van der Waals surface area (Å²) < 4.78 is 44.3. The molecule has 2 aliphatic rings. The molecule has 2 aromatic carbocycles. The van der Waals surface area contributed by atoms with E-state index in [4.69, 9.17) is 23.5 Å². The van der Waals surface area contributed by atoms with Gasteiger partial charge in [0.05, 0.1) is 38.2 Å². The Hall–Kier alpha value is -3.58. The third kappa shape index (κ3) is 6.41. The maximum atomic E-state index is 13.6. The van der Waals surface area contributed by atoms with E-state index in [0.717, 1.165) is 4.57 Å². The van der Waals surface area contributed by atoms with Crippen molar-refractivity contribution < 1.29 is 37.7 Å². The van der Waals surface area contributed by atoms with E-state index in [-0.39, 0.29) is 31.7 Å². The van der Waals surface area contributed by atoms with Gasteiger partial charge in [0.1, 0.15) is 24.2 Å². The highest BCUT2D eigenvalue weighted by Gasteiger charge is 2.42. The van der Waals surface area contributed by atoms with E-state index in [2.05, 4.69) is 0 Å². The molecule has 1 aromatic heterocycles. The fourth-order valence-corrected chi connectivity index (χ4v) is 6.02. The largest absolute Gasteiger partial charge is 0.497 e. The van der Waals surface area contributed by atoms with Gasteiger partial charge in [0.15, 0.2) is 0 Å². The number of methoxy groups -OCH3 is 1. The fourth-order valence-electron chi connectivity index (χ4n) is 4.85. The molecule has 1 N–H and O–H groups in total. The number of aryl methyl sites for hydroxylation is 1. The predicted octanol–water partition coefficient (Wildman–Crippen LogP) is 2.28. The molecular formula is C28H32N3O10P. The van der Waals surface area contributed by atoms with Crippen LogP contribution in [0.5, 0.6) is 5.75 Å². The zero-order valence-electron chi connectivity index (χ0n) is 23.2. The molecule has 0 aliphatic carbocycles. The molecule has 0 saturated carbocycles. The Morgan fingerprint density at radius 1 is 1.07 bits per heavy atom. The summed E-state index contributed by atoms with van der Waals surface area (Å²) in [5.74, 6) is -0.0648. The first kappa shape index (κ1) is 29.9. The van der Waals surface area contributed by atoms with Crippen molar-refractivity contribution in [3.05, 3.63) is 92.8 Å². The quantitative estimate of drug-likeness (QED) is 0.285. The van der Waals surface area contributed by atoms with Crippen LogP contribution in [0.4, 0.5) is 0 Å². The third-order valence-electron chi connectivity index (χ3n) is 7.13. The van der Waals surface area contributed by atoms with Crippen LogP contribution in [0.2, 0.25) is 0 Å². The van der Waals surface area contributed by atoms with Crippen molar-refractivity contribution in [3.63, 3.8) is 0 Å². The lowest BCUT2D eigenvalue weighted by atomic mass is 10.1. The fraction of sp³-hybridized carbons (Fsp3) is 0.393. The number of benzene rings is 2. The van der Waals surface area contributed by atoms with Gasteiger partial charge in [0.2, 0.25) is 0 Å². The van der Waals surface area contributed by atoms with Gasteiger partial charge >= 0.3 is 19.4 Å². The van der Waals surface area contributed by atoms with Gasteiger partial charge in [-0.15, -0.1) is 0 Å². The normalized spacial score (nSPS) is 22.4. The first-order valence-corrected chi connectivity index (χ1v) is 14.9. The SMILES string of the molecule is COc1ccc(-n2c(=O)c(C)cn([C@H]3C[C@H](OC(=O)c4ccccc4)[C@@H](COP(=O)(O)N4CCOCC4)O3)c2=O)cc1. The standard InChI is InChI=1S/C28H32N3O10P/c1-19-17-30(28(34)31(26(19)32)21-8-10-22(37-2)11-9-21)25-16-23(41-27(33)20-6-4-3-5-7-20)24(40-25)18-39-42(35,36)29-12-14-38-15-13-29/h3-11,17,23-25H,12-16,18H2,1-2H3,(H,35,36)/t23-,24+,25+/m0/s1. The molecular weight excluding hydrogens is 569 g/mol. The molecule has 4 atom stereocenters. The number of ether oxygens (including phenoxy) is 4. The number of morpholine rings is 1. The van der Waals surface area contributed by atoms with Crippen LogP contribution in [0, 0.1) is 6.92 Å². The van der Waals surface area contributed by atoms with E-state index in [1.165, 1.54) is 22.5 Å². The van der Waals surface area contributed by atoms with Gasteiger partial charge in [-0.05, 0) is 43.3 Å². The Labute approximate surface area is 241 Å². The Morgan fingerprint density at radius 2 is 1.76 bits per heavy atom. The lowest BCUT2D eigenvalue weighted by Crippen LogP contribution is -2.41. The predicted molar refractivity (Wildman–Crippen MR) is 150 cm³/mol. The van der Waals surface area contributed by atoms with Crippen LogP contribution < -0.4 is 16.0 Å². The first-order valence-electron chi connectivity index (χ1n) is 13.4. The summed E-state index contributed by atoms with van der Waals surface area (Å²) >= 11 is 0. The molecule has 13 nitrogen and oxygen atoms in total. The molecule has 0 radical (unpaired) electrons. The van der Waals surface area contributed by atoms with Crippen molar-refractivity contribution in [2.45, 2.75) is 31.8 Å². The summed E-state index contributed by atoms with van der Waals surface area (Å²) in [5, 5.41) is 0. The van der Waals surface area contributed by atoms with E-state index < -0.39 is 43.4 Å². The van der Waals surface area contributed by atoms with Crippen LogP contribution in [0.15, 0.2) is 70.4 Å². The second kappa shape index (κ2) is 12.7. The molecule has 0 bridgehead atoms.